The molecule has 1 aromatic carbocycles. The van der Waals surface area contributed by atoms with Gasteiger partial charge >= 0.3 is 0 Å². The summed E-state index contributed by atoms with van der Waals surface area (Å²) in [5, 5.41) is 2.85. The molecule has 0 atom stereocenters. The van der Waals surface area contributed by atoms with E-state index >= 15 is 0 Å². The zero-order valence-electron chi connectivity index (χ0n) is 12.4. The lowest BCUT2D eigenvalue weighted by molar-refractivity contribution is -0.113. The third kappa shape index (κ3) is 2.70. The molecule has 0 spiro atoms. The van der Waals surface area contributed by atoms with Crippen LogP contribution in [-0.4, -0.2) is 21.2 Å². The number of hydrogen-bond donors (Lipinski definition) is 1. The average molecular weight is 314 g/mol. The number of amides is 1. The van der Waals surface area contributed by atoms with Gasteiger partial charge in [0.2, 0.25) is 5.91 Å². The van der Waals surface area contributed by atoms with E-state index in [0.29, 0.717) is 5.82 Å². The minimum absolute atomic E-state index is 0.0909. The zero-order chi connectivity index (χ0) is 15.7. The first-order valence-corrected chi connectivity index (χ1v) is 7.53. The molecule has 3 rings (SSSR count). The molecule has 0 bridgehead atoms. The Labute approximate surface area is 133 Å². The molecule has 0 aliphatic carbocycles. The molecule has 2 heterocycles. The minimum atomic E-state index is -0.252. The van der Waals surface area contributed by atoms with Gasteiger partial charge in [0.1, 0.15) is 23.0 Å². The molecule has 0 unspecified atom stereocenters. The molecule has 1 N–H and O–H groups in total. The van der Waals surface area contributed by atoms with Crippen LogP contribution in [0.5, 0.6) is 0 Å². The van der Waals surface area contributed by atoms with Crippen molar-refractivity contribution >= 4 is 29.0 Å². The van der Waals surface area contributed by atoms with Crippen LogP contribution in [0.25, 0.3) is 16.9 Å². The first kappa shape index (κ1) is 14.6. The van der Waals surface area contributed by atoms with Crippen LogP contribution >= 0.6 is 11.6 Å². The summed E-state index contributed by atoms with van der Waals surface area (Å²) in [4.78, 5) is 16.4. The van der Waals surface area contributed by atoms with Crippen molar-refractivity contribution in [1.29, 1.82) is 0 Å². The predicted molar refractivity (Wildman–Crippen MR) is 89.5 cm³/mol. The topological polar surface area (TPSA) is 46.4 Å². The van der Waals surface area contributed by atoms with Gasteiger partial charge < -0.3 is 5.32 Å². The molecule has 4 nitrogen and oxygen atoms in total. The smallest absolute Gasteiger partial charge is 0.240 e. The summed E-state index contributed by atoms with van der Waals surface area (Å²) in [5.41, 5.74) is 4.81. The second kappa shape index (κ2) is 5.81. The fraction of sp³-hybridized carbons (Fsp3) is 0.176. The molecule has 0 saturated carbocycles. The Bertz CT molecular complexity index is 834. The van der Waals surface area contributed by atoms with Crippen LogP contribution in [0, 0.1) is 13.8 Å². The molecule has 0 saturated heterocycles. The average Bonchev–Trinajstić information content (AvgIpc) is 2.85. The zero-order valence-corrected chi connectivity index (χ0v) is 13.2. The summed E-state index contributed by atoms with van der Waals surface area (Å²) in [7, 11) is 0. The Morgan fingerprint density at radius 1 is 1.23 bits per heavy atom. The van der Waals surface area contributed by atoms with Crippen LogP contribution in [0.3, 0.4) is 0 Å². The van der Waals surface area contributed by atoms with Crippen molar-refractivity contribution in [3.63, 3.8) is 0 Å². The van der Waals surface area contributed by atoms with Crippen molar-refractivity contribution < 1.29 is 4.79 Å². The van der Waals surface area contributed by atoms with E-state index in [0.717, 1.165) is 28.0 Å². The van der Waals surface area contributed by atoms with Gasteiger partial charge in [-0.15, -0.1) is 11.6 Å². The van der Waals surface area contributed by atoms with Crippen molar-refractivity contribution in [2.75, 3.05) is 11.2 Å². The van der Waals surface area contributed by atoms with Gasteiger partial charge in [-0.3, -0.25) is 9.20 Å². The number of nitrogens with zero attached hydrogens (tertiary/aromatic N) is 2. The number of aryl methyl sites for hydroxylation is 2. The van der Waals surface area contributed by atoms with Gasteiger partial charge in [-0.05, 0) is 38.1 Å². The number of anilines is 1. The van der Waals surface area contributed by atoms with Gasteiger partial charge in [0.05, 0.1) is 0 Å². The van der Waals surface area contributed by atoms with E-state index in [1.807, 2.05) is 42.6 Å². The van der Waals surface area contributed by atoms with Gasteiger partial charge in [0, 0.05) is 11.8 Å². The first-order valence-electron chi connectivity index (χ1n) is 7.00. The summed E-state index contributed by atoms with van der Waals surface area (Å²) in [6, 6.07) is 12.0. The number of pyridine rings is 1. The lowest BCUT2D eigenvalue weighted by Gasteiger charge is -2.07. The van der Waals surface area contributed by atoms with Crippen molar-refractivity contribution in [2.24, 2.45) is 0 Å². The van der Waals surface area contributed by atoms with E-state index in [1.165, 1.54) is 0 Å². The molecule has 0 radical (unpaired) electrons. The summed E-state index contributed by atoms with van der Waals surface area (Å²) in [6.07, 6.45) is 1.87. The van der Waals surface area contributed by atoms with Crippen LogP contribution in [0.2, 0.25) is 0 Å². The predicted octanol–water partition coefficient (Wildman–Crippen LogP) is 3.80. The van der Waals surface area contributed by atoms with E-state index in [2.05, 4.69) is 28.5 Å². The highest BCUT2D eigenvalue weighted by molar-refractivity contribution is 6.29. The highest BCUT2D eigenvalue weighted by Crippen LogP contribution is 2.30. The highest BCUT2D eigenvalue weighted by atomic mass is 35.5. The van der Waals surface area contributed by atoms with E-state index in [4.69, 9.17) is 11.6 Å². The number of aromatic nitrogens is 2. The Morgan fingerprint density at radius 3 is 2.64 bits per heavy atom. The second-order valence-electron chi connectivity index (χ2n) is 5.30. The Hall–Kier alpha value is -2.33. The van der Waals surface area contributed by atoms with Gasteiger partial charge in [-0.25, -0.2) is 4.98 Å². The Kier molecular flexibility index (Phi) is 3.86. The molecule has 5 heteroatoms. The number of benzene rings is 1. The van der Waals surface area contributed by atoms with Crippen LogP contribution in [0.15, 0.2) is 42.6 Å². The van der Waals surface area contributed by atoms with Gasteiger partial charge in [-0.1, -0.05) is 23.3 Å². The first-order chi connectivity index (χ1) is 10.6. The van der Waals surface area contributed by atoms with Gasteiger partial charge in [-0.2, -0.15) is 0 Å². The number of rotatable bonds is 3. The number of carbonyl (C=O) groups is 1. The second-order valence-corrected chi connectivity index (χ2v) is 5.56. The van der Waals surface area contributed by atoms with Crippen LogP contribution in [0.1, 0.15) is 11.1 Å². The van der Waals surface area contributed by atoms with Crippen molar-refractivity contribution in [3.8, 4) is 11.3 Å². The fourth-order valence-electron chi connectivity index (χ4n) is 2.59. The molecule has 112 valence electrons. The van der Waals surface area contributed by atoms with E-state index < -0.39 is 0 Å². The number of alkyl halides is 1. The lowest BCUT2D eigenvalue weighted by atomic mass is 10.1. The lowest BCUT2D eigenvalue weighted by Crippen LogP contribution is -2.14. The number of carbonyl (C=O) groups excluding carboxylic acids is 1. The molecule has 0 fully saturated rings. The van der Waals surface area contributed by atoms with Crippen LogP contribution in [-0.2, 0) is 4.79 Å². The van der Waals surface area contributed by atoms with Crippen LogP contribution in [0.4, 0.5) is 5.82 Å². The number of nitrogens with one attached hydrogen (secondary N) is 1. The van der Waals surface area contributed by atoms with Crippen molar-refractivity contribution in [2.45, 2.75) is 13.8 Å². The third-order valence-corrected chi connectivity index (χ3v) is 3.65. The molecule has 22 heavy (non-hydrogen) atoms. The van der Waals surface area contributed by atoms with E-state index in [1.54, 1.807) is 0 Å². The molecule has 0 aliphatic heterocycles. The van der Waals surface area contributed by atoms with Crippen molar-refractivity contribution in [1.82, 2.24) is 9.38 Å². The van der Waals surface area contributed by atoms with Gasteiger partial charge in [0.25, 0.3) is 0 Å². The minimum Gasteiger partial charge on any atom is -0.309 e. The standard InChI is InChI=1S/C17H16ClN3O/c1-11-7-12(2)9-13(8-11)16-17(20-15(22)10-18)21-6-4-3-5-14(21)19-16/h3-9H,10H2,1-2H3,(H,20,22). The monoisotopic (exact) mass is 313 g/mol. The van der Waals surface area contributed by atoms with E-state index in [9.17, 15) is 4.79 Å². The van der Waals surface area contributed by atoms with E-state index in [-0.39, 0.29) is 11.8 Å². The van der Waals surface area contributed by atoms with Crippen molar-refractivity contribution in [3.05, 3.63) is 53.7 Å². The Balaban J connectivity index is 2.23. The fourth-order valence-corrected chi connectivity index (χ4v) is 2.66. The number of halogens is 1. The molecular formula is C17H16ClN3O. The number of hydrogen-bond acceptors (Lipinski definition) is 2. The molecule has 2 aromatic heterocycles. The molecule has 1 amide bonds. The normalized spacial score (nSPS) is 10.9. The summed E-state index contributed by atoms with van der Waals surface area (Å²) in [5.74, 6) is 0.302. The molecule has 3 aromatic rings. The maximum Gasteiger partial charge on any atom is 0.240 e. The molecule has 0 aliphatic rings. The summed E-state index contributed by atoms with van der Waals surface area (Å²) in [6.45, 7) is 4.09. The summed E-state index contributed by atoms with van der Waals surface area (Å²) >= 11 is 5.63. The SMILES string of the molecule is Cc1cc(C)cc(-c2nc3ccccn3c2NC(=O)CCl)c1. The number of fused-ring (bicyclic) bond motifs is 1. The number of imidazole rings is 1. The maximum absolute atomic E-state index is 11.8. The maximum atomic E-state index is 11.8. The van der Waals surface area contributed by atoms with Crippen LogP contribution < -0.4 is 5.32 Å². The van der Waals surface area contributed by atoms with Gasteiger partial charge in [0.15, 0.2) is 0 Å². The summed E-state index contributed by atoms with van der Waals surface area (Å²) < 4.78 is 1.86. The molecular weight excluding hydrogens is 298 g/mol. The highest BCUT2D eigenvalue weighted by Gasteiger charge is 2.16. The third-order valence-electron chi connectivity index (χ3n) is 3.40. The largest absolute Gasteiger partial charge is 0.309 e. The quantitative estimate of drug-likeness (QED) is 0.748. The Morgan fingerprint density at radius 2 is 1.95 bits per heavy atom.